The average Bonchev–Trinajstić information content (AvgIpc) is 3.10. The number of aryl methyl sites for hydroxylation is 1. The molecular weight excluding hydrogens is 347 g/mol. The first-order valence-corrected chi connectivity index (χ1v) is 8.33. The number of halogens is 1. The van der Waals surface area contributed by atoms with Gasteiger partial charge in [0.05, 0.1) is 0 Å². The third kappa shape index (κ3) is 4.59. The normalized spacial score (nSPS) is 11.6. The van der Waals surface area contributed by atoms with E-state index in [4.69, 9.17) is 0 Å². The van der Waals surface area contributed by atoms with Gasteiger partial charge in [-0.2, -0.15) is 0 Å². The zero-order valence-electron chi connectivity index (χ0n) is 14.6. The molecule has 3 aromatic rings. The Morgan fingerprint density at radius 2 is 1.67 bits per heavy atom. The zero-order valence-corrected chi connectivity index (χ0v) is 14.6. The van der Waals surface area contributed by atoms with E-state index >= 15 is 0 Å². The lowest BCUT2D eigenvalue weighted by atomic mass is 10.1. The van der Waals surface area contributed by atoms with Gasteiger partial charge in [0.1, 0.15) is 17.6 Å². The maximum atomic E-state index is 13.0. The molecule has 2 aromatic carbocycles. The molecule has 0 aliphatic heterocycles. The highest BCUT2D eigenvalue weighted by Crippen LogP contribution is 2.16. The first-order chi connectivity index (χ1) is 13.0. The van der Waals surface area contributed by atoms with Crippen LogP contribution in [-0.2, 0) is 11.8 Å². The van der Waals surface area contributed by atoms with Gasteiger partial charge in [0.2, 0.25) is 5.91 Å². The molecule has 0 aliphatic rings. The van der Waals surface area contributed by atoms with Crippen molar-refractivity contribution in [3.63, 3.8) is 0 Å². The molecule has 27 heavy (non-hydrogen) atoms. The van der Waals surface area contributed by atoms with Crippen LogP contribution in [0.25, 0.3) is 0 Å². The van der Waals surface area contributed by atoms with Crippen molar-refractivity contribution >= 4 is 17.5 Å². The van der Waals surface area contributed by atoms with E-state index in [0.717, 1.165) is 0 Å². The van der Waals surface area contributed by atoms with Gasteiger partial charge in [-0.15, -0.1) is 0 Å². The molecule has 3 rings (SSSR count). The Bertz CT molecular complexity index is 923. The Balaban J connectivity index is 1.75. The number of carbonyl (C=O) groups excluding carboxylic acids is 2. The molecule has 0 radical (unpaired) electrons. The third-order valence-corrected chi connectivity index (χ3v) is 4.01. The van der Waals surface area contributed by atoms with Crippen LogP contribution in [0.1, 0.15) is 22.1 Å². The molecular formula is C20H19FN4O2. The van der Waals surface area contributed by atoms with E-state index in [1.807, 2.05) is 6.07 Å². The fourth-order valence-corrected chi connectivity index (χ4v) is 2.59. The maximum absolute atomic E-state index is 13.0. The largest absolute Gasteiger partial charge is 0.347 e. The maximum Gasteiger partial charge on any atom is 0.282 e. The van der Waals surface area contributed by atoms with E-state index in [9.17, 15) is 14.0 Å². The number of anilines is 1. The number of aromatic nitrogens is 1. The van der Waals surface area contributed by atoms with Gasteiger partial charge in [-0.3, -0.25) is 15.0 Å². The number of nitrogens with one attached hydrogen (secondary N) is 3. The summed E-state index contributed by atoms with van der Waals surface area (Å²) in [6.07, 6.45) is 1.75. The molecule has 0 fully saturated rings. The molecule has 7 heteroatoms. The monoisotopic (exact) mass is 366 g/mol. The summed E-state index contributed by atoms with van der Waals surface area (Å²) in [6, 6.07) is 17.0. The summed E-state index contributed by atoms with van der Waals surface area (Å²) in [5, 5.41) is 2.71. The second kappa shape index (κ2) is 8.29. The molecule has 0 bridgehead atoms. The Kier molecular flexibility index (Phi) is 5.63. The summed E-state index contributed by atoms with van der Waals surface area (Å²) >= 11 is 0. The molecule has 1 heterocycles. The Labute approximate surface area is 156 Å². The topological polar surface area (TPSA) is 75.2 Å². The van der Waals surface area contributed by atoms with Gasteiger partial charge < -0.3 is 9.88 Å². The smallest absolute Gasteiger partial charge is 0.282 e. The van der Waals surface area contributed by atoms with Crippen molar-refractivity contribution in [3.8, 4) is 0 Å². The number of rotatable bonds is 6. The van der Waals surface area contributed by atoms with E-state index in [1.54, 1.807) is 54.2 Å². The van der Waals surface area contributed by atoms with Crippen LogP contribution in [0, 0.1) is 5.82 Å². The fourth-order valence-electron chi connectivity index (χ4n) is 2.59. The number of amides is 2. The lowest BCUT2D eigenvalue weighted by Gasteiger charge is -2.19. The van der Waals surface area contributed by atoms with Gasteiger partial charge in [-0.05, 0) is 42.0 Å². The number of hydrogen-bond donors (Lipinski definition) is 3. The van der Waals surface area contributed by atoms with E-state index in [0.29, 0.717) is 16.9 Å². The predicted molar refractivity (Wildman–Crippen MR) is 100 cm³/mol. The van der Waals surface area contributed by atoms with Crippen molar-refractivity contribution in [3.05, 3.63) is 90.0 Å². The molecule has 0 aliphatic carbocycles. The number of hydrazine groups is 1. The number of carbonyl (C=O) groups is 2. The first-order valence-electron chi connectivity index (χ1n) is 8.33. The highest BCUT2D eigenvalue weighted by molar-refractivity contribution is 5.96. The second-order valence-corrected chi connectivity index (χ2v) is 5.94. The summed E-state index contributed by atoms with van der Waals surface area (Å²) in [6.45, 7) is 0. The lowest BCUT2D eigenvalue weighted by molar-refractivity contribution is -0.118. The van der Waals surface area contributed by atoms with Crippen LogP contribution < -0.4 is 16.2 Å². The van der Waals surface area contributed by atoms with Crippen molar-refractivity contribution in [1.29, 1.82) is 0 Å². The highest BCUT2D eigenvalue weighted by atomic mass is 19.1. The molecule has 0 spiro atoms. The Hall–Kier alpha value is -3.45. The summed E-state index contributed by atoms with van der Waals surface area (Å²) in [5.74, 6) is -1.14. The fraction of sp³-hybridized carbons (Fsp3) is 0.100. The van der Waals surface area contributed by atoms with Gasteiger partial charge in [0.15, 0.2) is 0 Å². The number of nitrogens with zero attached hydrogens (tertiary/aromatic N) is 1. The average molecular weight is 366 g/mol. The van der Waals surface area contributed by atoms with Gasteiger partial charge >= 0.3 is 0 Å². The molecule has 0 unspecified atom stereocenters. The molecule has 6 nitrogen and oxygen atoms in total. The van der Waals surface area contributed by atoms with Crippen LogP contribution in [-0.4, -0.2) is 16.4 Å². The van der Waals surface area contributed by atoms with E-state index < -0.39 is 6.04 Å². The summed E-state index contributed by atoms with van der Waals surface area (Å²) in [5.41, 5.74) is 6.93. The van der Waals surface area contributed by atoms with Crippen LogP contribution in [0.5, 0.6) is 0 Å². The predicted octanol–water partition coefficient (Wildman–Crippen LogP) is 2.78. The second-order valence-electron chi connectivity index (χ2n) is 5.94. The van der Waals surface area contributed by atoms with Crippen molar-refractivity contribution in [2.75, 3.05) is 5.32 Å². The minimum Gasteiger partial charge on any atom is -0.347 e. The Morgan fingerprint density at radius 3 is 2.30 bits per heavy atom. The van der Waals surface area contributed by atoms with Crippen LogP contribution in [0.15, 0.2) is 72.9 Å². The molecule has 2 amide bonds. The highest BCUT2D eigenvalue weighted by Gasteiger charge is 2.22. The van der Waals surface area contributed by atoms with E-state index in [2.05, 4.69) is 16.2 Å². The summed E-state index contributed by atoms with van der Waals surface area (Å²) in [4.78, 5) is 25.1. The minimum atomic E-state index is -0.833. The Morgan fingerprint density at radius 1 is 0.963 bits per heavy atom. The first kappa shape index (κ1) is 18.3. The van der Waals surface area contributed by atoms with Gasteiger partial charge in [-0.1, -0.05) is 30.3 Å². The number of hydrogen-bond acceptors (Lipinski definition) is 3. The summed E-state index contributed by atoms with van der Waals surface area (Å²) < 4.78 is 14.7. The van der Waals surface area contributed by atoms with Crippen molar-refractivity contribution < 1.29 is 14.0 Å². The lowest BCUT2D eigenvalue weighted by Crippen LogP contribution is -2.45. The van der Waals surface area contributed by atoms with E-state index in [-0.39, 0.29) is 17.6 Å². The van der Waals surface area contributed by atoms with E-state index in [1.165, 1.54) is 24.3 Å². The van der Waals surface area contributed by atoms with Crippen molar-refractivity contribution in [2.45, 2.75) is 6.04 Å². The molecule has 1 aromatic heterocycles. The summed E-state index contributed by atoms with van der Waals surface area (Å²) in [7, 11) is 1.75. The van der Waals surface area contributed by atoms with Gasteiger partial charge in [0.25, 0.3) is 5.91 Å². The molecule has 0 saturated heterocycles. The molecule has 1 atom stereocenters. The van der Waals surface area contributed by atoms with Crippen LogP contribution in [0.2, 0.25) is 0 Å². The molecule has 3 N–H and O–H groups in total. The van der Waals surface area contributed by atoms with Crippen LogP contribution >= 0.6 is 0 Å². The minimum absolute atomic E-state index is 0.363. The van der Waals surface area contributed by atoms with Crippen LogP contribution in [0.3, 0.4) is 0 Å². The standard InChI is InChI=1S/C20H19FN4O2/c1-25-13-5-8-17(25)19(26)24-23-18(14-6-3-2-4-7-14)20(27)22-16-11-9-15(21)10-12-16/h2-13,18,23H,1H3,(H,22,27)(H,24,26)/t18-/m1/s1. The molecule has 138 valence electrons. The van der Waals surface area contributed by atoms with Crippen molar-refractivity contribution in [1.82, 2.24) is 15.4 Å². The van der Waals surface area contributed by atoms with Gasteiger partial charge in [-0.25, -0.2) is 9.82 Å². The van der Waals surface area contributed by atoms with Crippen molar-refractivity contribution in [2.24, 2.45) is 7.05 Å². The zero-order chi connectivity index (χ0) is 19.2. The molecule has 0 saturated carbocycles. The van der Waals surface area contributed by atoms with Crippen LogP contribution in [0.4, 0.5) is 10.1 Å². The SMILES string of the molecule is Cn1cccc1C(=O)NN[C@@H](C(=O)Nc1ccc(F)cc1)c1ccccc1. The third-order valence-electron chi connectivity index (χ3n) is 4.01. The number of benzene rings is 2. The van der Waals surface area contributed by atoms with Gasteiger partial charge in [0, 0.05) is 18.9 Å². The quantitative estimate of drug-likeness (QED) is 0.587.